The van der Waals surface area contributed by atoms with Crippen molar-refractivity contribution in [1.29, 1.82) is 0 Å². The molecule has 0 saturated heterocycles. The predicted molar refractivity (Wildman–Crippen MR) is 98.1 cm³/mol. The molecule has 0 aliphatic carbocycles. The summed E-state index contributed by atoms with van der Waals surface area (Å²) in [6.07, 6.45) is -0.192. The Balaban J connectivity index is 2.25. The van der Waals surface area contributed by atoms with Crippen LogP contribution in [-0.4, -0.2) is 28.6 Å². The summed E-state index contributed by atoms with van der Waals surface area (Å²) in [5, 5.41) is 9.69. The van der Waals surface area contributed by atoms with Crippen molar-refractivity contribution >= 4 is 28.0 Å². The fourth-order valence-corrected chi connectivity index (χ4v) is 3.09. The number of benzene rings is 2. The molecular weight excluding hydrogens is 405 g/mol. The van der Waals surface area contributed by atoms with Gasteiger partial charge in [0.1, 0.15) is 12.4 Å². The van der Waals surface area contributed by atoms with Gasteiger partial charge in [-0.15, -0.1) is 0 Å². The summed E-state index contributed by atoms with van der Waals surface area (Å²) in [7, 11) is 0. The Bertz CT molecular complexity index is 769. The first-order valence-corrected chi connectivity index (χ1v) is 8.88. The van der Waals surface area contributed by atoms with Gasteiger partial charge in [0.05, 0.1) is 0 Å². The van der Waals surface area contributed by atoms with E-state index in [0.29, 0.717) is 6.42 Å². The average Bonchev–Trinajstić information content (AvgIpc) is 2.61. The Morgan fingerprint density at radius 1 is 1.23 bits per heavy atom. The van der Waals surface area contributed by atoms with Crippen LogP contribution in [0.1, 0.15) is 30.5 Å². The quantitative estimate of drug-likeness (QED) is 0.696. The number of halogens is 2. The van der Waals surface area contributed by atoms with Crippen LogP contribution in [0.15, 0.2) is 53.0 Å². The molecule has 1 N–H and O–H groups in total. The molecule has 0 aromatic heterocycles. The first-order chi connectivity index (χ1) is 12.4. The zero-order valence-corrected chi connectivity index (χ0v) is 15.8. The number of carbonyl (C=O) groups is 2. The number of nitrogens with zero attached hydrogens (tertiary/aromatic N) is 1. The molecule has 26 heavy (non-hydrogen) atoms. The van der Waals surface area contributed by atoms with Crippen LogP contribution >= 0.6 is 15.9 Å². The molecule has 0 radical (unpaired) electrons. The van der Waals surface area contributed by atoms with Gasteiger partial charge in [-0.25, -0.2) is 14.0 Å². The molecule has 0 fully saturated rings. The third-order valence-electron chi connectivity index (χ3n) is 3.71. The first kappa shape index (κ1) is 19.9. The van der Waals surface area contributed by atoms with Crippen LogP contribution in [0.3, 0.4) is 0 Å². The van der Waals surface area contributed by atoms with Gasteiger partial charge >= 0.3 is 12.1 Å². The summed E-state index contributed by atoms with van der Waals surface area (Å²) in [4.78, 5) is 25.6. The minimum atomic E-state index is -1.28. The van der Waals surface area contributed by atoms with Gasteiger partial charge in [-0.2, -0.15) is 0 Å². The fourth-order valence-electron chi connectivity index (χ4n) is 2.53. The van der Waals surface area contributed by atoms with Crippen molar-refractivity contribution in [2.45, 2.75) is 26.0 Å². The molecule has 0 saturated carbocycles. The summed E-state index contributed by atoms with van der Waals surface area (Å²) in [5.74, 6) is -1.72. The summed E-state index contributed by atoms with van der Waals surface area (Å²) in [6, 6.07) is 11.5. The maximum atomic E-state index is 13.3. The minimum Gasteiger partial charge on any atom is -0.479 e. The number of carboxylic acid groups (broad SMARTS) is 1. The van der Waals surface area contributed by atoms with E-state index in [2.05, 4.69) is 15.9 Å². The largest absolute Gasteiger partial charge is 0.479 e. The number of rotatable bonds is 7. The van der Waals surface area contributed by atoms with Crippen LogP contribution in [0, 0.1) is 5.82 Å². The number of ether oxygens (including phenoxy) is 1. The monoisotopic (exact) mass is 423 g/mol. The Kier molecular flexibility index (Phi) is 7.15. The minimum absolute atomic E-state index is 0.0385. The van der Waals surface area contributed by atoms with Crippen molar-refractivity contribution in [3.8, 4) is 0 Å². The van der Waals surface area contributed by atoms with E-state index in [0.717, 1.165) is 16.5 Å². The molecule has 1 unspecified atom stereocenters. The van der Waals surface area contributed by atoms with Crippen molar-refractivity contribution in [1.82, 2.24) is 4.90 Å². The van der Waals surface area contributed by atoms with Crippen LogP contribution in [0.25, 0.3) is 0 Å². The highest BCUT2D eigenvalue weighted by Crippen LogP contribution is 2.30. The number of carbonyl (C=O) groups excluding carboxylic acids is 1. The Morgan fingerprint density at radius 3 is 2.50 bits per heavy atom. The summed E-state index contributed by atoms with van der Waals surface area (Å²) in [5.41, 5.74) is 1.08. The van der Waals surface area contributed by atoms with Crippen LogP contribution in [0.4, 0.5) is 9.18 Å². The maximum Gasteiger partial charge on any atom is 0.411 e. The van der Waals surface area contributed by atoms with Gasteiger partial charge in [0, 0.05) is 16.6 Å². The van der Waals surface area contributed by atoms with Crippen LogP contribution in [0.5, 0.6) is 0 Å². The van der Waals surface area contributed by atoms with E-state index in [1.54, 1.807) is 0 Å². The predicted octanol–water partition coefficient (Wildman–Crippen LogP) is 4.76. The Hall–Kier alpha value is -2.41. The second-order valence-corrected chi connectivity index (χ2v) is 6.49. The smallest absolute Gasteiger partial charge is 0.411 e. The van der Waals surface area contributed by atoms with Crippen molar-refractivity contribution in [3.05, 3.63) is 69.9 Å². The third kappa shape index (κ3) is 5.05. The van der Waals surface area contributed by atoms with E-state index in [4.69, 9.17) is 4.74 Å². The molecule has 5 nitrogen and oxygen atoms in total. The van der Waals surface area contributed by atoms with Crippen molar-refractivity contribution in [3.63, 3.8) is 0 Å². The molecule has 2 aromatic rings. The fraction of sp³-hybridized carbons (Fsp3) is 0.263. The molecule has 1 atom stereocenters. The van der Waals surface area contributed by atoms with Gasteiger partial charge < -0.3 is 9.84 Å². The molecule has 7 heteroatoms. The van der Waals surface area contributed by atoms with Crippen LogP contribution in [-0.2, 0) is 16.1 Å². The first-order valence-electron chi connectivity index (χ1n) is 8.09. The number of hydrogen-bond donors (Lipinski definition) is 1. The standard InChI is InChI=1S/C19H19BrFNO4/c1-2-10-22(19(25)26-12-13-6-4-3-5-7-13)17(18(23)24)15-9-8-14(21)11-16(15)20/h3-9,11,17H,2,10,12H2,1H3,(H,23,24). The third-order valence-corrected chi connectivity index (χ3v) is 4.39. The van der Waals surface area contributed by atoms with Gasteiger partial charge in [-0.1, -0.05) is 59.3 Å². The van der Waals surface area contributed by atoms with E-state index in [1.807, 2.05) is 37.3 Å². The molecule has 0 aliphatic rings. The highest BCUT2D eigenvalue weighted by Gasteiger charge is 2.33. The maximum absolute atomic E-state index is 13.3. The van der Waals surface area contributed by atoms with Crippen molar-refractivity contribution in [2.24, 2.45) is 0 Å². The SMILES string of the molecule is CCCN(C(=O)OCc1ccccc1)C(C(=O)O)c1ccc(F)cc1Br. The van der Waals surface area contributed by atoms with Crippen molar-refractivity contribution < 1.29 is 23.8 Å². The number of carboxylic acids is 1. The van der Waals surface area contributed by atoms with Crippen LogP contribution < -0.4 is 0 Å². The van der Waals surface area contributed by atoms with E-state index in [-0.39, 0.29) is 23.2 Å². The molecule has 1 amide bonds. The molecule has 2 aromatic carbocycles. The molecule has 2 rings (SSSR count). The Morgan fingerprint density at radius 2 is 1.92 bits per heavy atom. The van der Waals surface area contributed by atoms with Gasteiger partial charge in [-0.3, -0.25) is 4.90 Å². The van der Waals surface area contributed by atoms with Crippen molar-refractivity contribution in [2.75, 3.05) is 6.54 Å². The molecule has 0 bridgehead atoms. The zero-order chi connectivity index (χ0) is 19.1. The average molecular weight is 424 g/mol. The highest BCUT2D eigenvalue weighted by atomic mass is 79.9. The molecular formula is C19H19BrFNO4. The lowest BCUT2D eigenvalue weighted by atomic mass is 10.1. The second kappa shape index (κ2) is 9.33. The van der Waals surface area contributed by atoms with Crippen LogP contribution in [0.2, 0.25) is 0 Å². The molecule has 0 aliphatic heterocycles. The lowest BCUT2D eigenvalue weighted by Gasteiger charge is -2.29. The Labute approximate surface area is 159 Å². The highest BCUT2D eigenvalue weighted by molar-refractivity contribution is 9.10. The number of aliphatic carboxylic acids is 1. The van der Waals surface area contributed by atoms with E-state index in [1.165, 1.54) is 12.1 Å². The normalized spacial score (nSPS) is 11.7. The lowest BCUT2D eigenvalue weighted by Crippen LogP contribution is -2.40. The summed E-state index contributed by atoms with van der Waals surface area (Å²) < 4.78 is 18.9. The summed E-state index contributed by atoms with van der Waals surface area (Å²) >= 11 is 3.18. The molecule has 138 valence electrons. The second-order valence-electron chi connectivity index (χ2n) is 5.64. The van der Waals surface area contributed by atoms with E-state index < -0.39 is 23.9 Å². The molecule has 0 spiro atoms. The van der Waals surface area contributed by atoms with E-state index >= 15 is 0 Å². The number of hydrogen-bond acceptors (Lipinski definition) is 3. The number of amides is 1. The lowest BCUT2D eigenvalue weighted by molar-refractivity contribution is -0.143. The van der Waals surface area contributed by atoms with Gasteiger partial charge in [-0.05, 0) is 24.1 Å². The zero-order valence-electron chi connectivity index (χ0n) is 14.2. The molecule has 0 heterocycles. The van der Waals surface area contributed by atoms with E-state index in [9.17, 15) is 19.1 Å². The topological polar surface area (TPSA) is 66.8 Å². The van der Waals surface area contributed by atoms with Gasteiger partial charge in [0.15, 0.2) is 6.04 Å². The summed E-state index contributed by atoms with van der Waals surface area (Å²) in [6.45, 7) is 2.06. The van der Waals surface area contributed by atoms with Gasteiger partial charge in [0.2, 0.25) is 0 Å². The van der Waals surface area contributed by atoms with Gasteiger partial charge in [0.25, 0.3) is 0 Å².